The first-order valence-corrected chi connectivity index (χ1v) is 24.4. The number of anilines is 2. The van der Waals surface area contributed by atoms with Crippen LogP contribution in [0.5, 0.6) is 0 Å². The standard InChI is InChI=1S/C48H65N5O3S2/c1-36-29-42(17-18-44(36)49-39(20-24-51-22-9-6-10-23-51)32-57-41-11-7-5-8-12-41)58(55,56)50-45(54)37-13-15-40(16-14-37)53-27-25-52(26-28-53)31-38-19-21-46(2,3)30-43(38)48-33-47(4,34-48)35-48/h5,7-8,11-18,29,39,49H,6,9-10,19-28,30-35H2,1-4H3,(H,50,54)/t39-,47?,48?/m1/s1. The summed E-state index contributed by atoms with van der Waals surface area (Å²) in [6, 6.07) is 23.2. The van der Waals surface area contributed by atoms with Gasteiger partial charge in [-0.1, -0.05) is 56.5 Å². The SMILES string of the molecule is Cc1cc(S(=O)(=O)NC(=O)c2ccc(N3CCN(CC4=C(C56CC(C)(C5)C6)CC(C)(C)CC4)CC3)cc2)ccc1N[C@H](CCN1CCCCC1)CSc1ccccc1. The number of likely N-dealkylation sites (tertiary alicyclic amines) is 1. The monoisotopic (exact) mass is 823 g/mol. The number of carbonyl (C=O) groups is 1. The van der Waals surface area contributed by atoms with Gasteiger partial charge in [0.2, 0.25) is 0 Å². The Bertz CT molecular complexity index is 2050. The molecule has 2 heterocycles. The van der Waals surface area contributed by atoms with Crippen molar-refractivity contribution in [2.24, 2.45) is 16.2 Å². The number of aryl methyl sites for hydroxylation is 1. The summed E-state index contributed by atoms with van der Waals surface area (Å²) in [5, 5.41) is 3.73. The van der Waals surface area contributed by atoms with Crippen molar-refractivity contribution in [3.8, 4) is 0 Å². The highest BCUT2D eigenvalue weighted by atomic mass is 32.2. The number of piperidine rings is 1. The van der Waals surface area contributed by atoms with E-state index in [0.717, 1.165) is 81.5 Å². The number of allylic oxidation sites excluding steroid dienone is 1. The van der Waals surface area contributed by atoms with Gasteiger partial charge in [0.15, 0.2) is 0 Å². The van der Waals surface area contributed by atoms with Gasteiger partial charge in [0, 0.05) is 72.9 Å². The number of hydrogen-bond donors (Lipinski definition) is 2. The van der Waals surface area contributed by atoms with Crippen LogP contribution >= 0.6 is 11.8 Å². The number of amides is 1. The summed E-state index contributed by atoms with van der Waals surface area (Å²) in [6.07, 6.45) is 12.9. The molecule has 4 aliphatic carbocycles. The highest BCUT2D eigenvalue weighted by molar-refractivity contribution is 7.99. The Morgan fingerprint density at radius 2 is 1.55 bits per heavy atom. The molecule has 0 unspecified atom stereocenters. The van der Waals surface area contributed by atoms with Crippen molar-refractivity contribution in [2.45, 2.75) is 108 Å². The van der Waals surface area contributed by atoms with Gasteiger partial charge < -0.3 is 15.1 Å². The van der Waals surface area contributed by atoms with Gasteiger partial charge in [0.1, 0.15) is 0 Å². The molecule has 1 amide bonds. The number of nitrogens with one attached hydrogen (secondary N) is 2. The van der Waals surface area contributed by atoms with Gasteiger partial charge in [-0.3, -0.25) is 9.69 Å². The third kappa shape index (κ3) is 9.51. The molecule has 58 heavy (non-hydrogen) atoms. The zero-order valence-electron chi connectivity index (χ0n) is 35.3. The fraction of sp³-hybridized carbons (Fsp3) is 0.562. The van der Waals surface area contributed by atoms with Crippen molar-refractivity contribution in [3.63, 3.8) is 0 Å². The van der Waals surface area contributed by atoms with Crippen molar-refractivity contribution in [3.05, 3.63) is 95.1 Å². The number of sulfonamides is 1. The lowest BCUT2D eigenvalue weighted by molar-refractivity contribution is -0.167. The van der Waals surface area contributed by atoms with Crippen LogP contribution in [-0.4, -0.2) is 88.3 Å². The Morgan fingerprint density at radius 1 is 0.845 bits per heavy atom. The van der Waals surface area contributed by atoms with Crippen LogP contribution in [0.1, 0.15) is 101 Å². The van der Waals surface area contributed by atoms with E-state index in [1.807, 2.05) is 48.5 Å². The van der Waals surface area contributed by atoms with Crippen molar-refractivity contribution in [1.29, 1.82) is 0 Å². The molecule has 2 N–H and O–H groups in total. The maximum absolute atomic E-state index is 13.5. The quantitative estimate of drug-likeness (QED) is 0.116. The second-order valence-corrected chi connectivity index (χ2v) is 22.2. The smallest absolute Gasteiger partial charge is 0.264 e. The average molecular weight is 824 g/mol. The van der Waals surface area contributed by atoms with Crippen LogP contribution in [0, 0.1) is 23.2 Å². The van der Waals surface area contributed by atoms with Gasteiger partial charge in [-0.2, -0.15) is 0 Å². The first kappa shape index (κ1) is 41.4. The van der Waals surface area contributed by atoms with Crippen molar-refractivity contribution in [2.75, 3.05) is 68.3 Å². The minimum atomic E-state index is -4.07. The summed E-state index contributed by atoms with van der Waals surface area (Å²) < 4.78 is 29.3. The predicted molar refractivity (Wildman–Crippen MR) is 239 cm³/mol. The summed E-state index contributed by atoms with van der Waals surface area (Å²) in [5.74, 6) is 0.282. The molecule has 0 spiro atoms. The van der Waals surface area contributed by atoms with Crippen LogP contribution in [0.25, 0.3) is 0 Å². The molecule has 2 aliphatic heterocycles. The molecular weight excluding hydrogens is 759 g/mol. The maximum Gasteiger partial charge on any atom is 0.264 e. The zero-order chi connectivity index (χ0) is 40.5. The number of carbonyl (C=O) groups excluding carboxylic acids is 1. The number of benzene rings is 3. The number of nitrogens with zero attached hydrogens (tertiary/aromatic N) is 3. The van der Waals surface area contributed by atoms with Crippen LogP contribution < -0.4 is 14.9 Å². The highest BCUT2D eigenvalue weighted by Gasteiger charge is 2.66. The lowest BCUT2D eigenvalue weighted by Gasteiger charge is -2.72. The number of rotatable bonds is 15. The molecule has 5 fully saturated rings. The van der Waals surface area contributed by atoms with Crippen LogP contribution in [-0.2, 0) is 10.0 Å². The Morgan fingerprint density at radius 3 is 2.22 bits per heavy atom. The van der Waals surface area contributed by atoms with E-state index in [-0.39, 0.29) is 10.9 Å². The fourth-order valence-corrected chi connectivity index (χ4v) is 12.9. The third-order valence-corrected chi connectivity index (χ3v) is 16.4. The van der Waals surface area contributed by atoms with Gasteiger partial charge in [0.25, 0.3) is 15.9 Å². The third-order valence-electron chi connectivity index (χ3n) is 13.9. The topological polar surface area (TPSA) is 85.0 Å². The van der Waals surface area contributed by atoms with Crippen LogP contribution in [0.15, 0.2) is 93.7 Å². The average Bonchev–Trinajstić information content (AvgIpc) is 3.19. The second kappa shape index (κ2) is 17.0. The van der Waals surface area contributed by atoms with E-state index in [9.17, 15) is 13.2 Å². The van der Waals surface area contributed by atoms with Gasteiger partial charge in [0.05, 0.1) is 4.90 Å². The van der Waals surface area contributed by atoms with E-state index in [1.165, 1.54) is 62.7 Å². The van der Waals surface area contributed by atoms with Crippen molar-refractivity contribution < 1.29 is 13.2 Å². The number of thioether (sulfide) groups is 1. The van der Waals surface area contributed by atoms with Crippen LogP contribution in [0.4, 0.5) is 11.4 Å². The van der Waals surface area contributed by atoms with Crippen molar-refractivity contribution >= 4 is 39.1 Å². The molecule has 10 heteroatoms. The Balaban J connectivity index is 0.845. The van der Waals surface area contributed by atoms with E-state index < -0.39 is 15.9 Å². The summed E-state index contributed by atoms with van der Waals surface area (Å²) in [6.45, 7) is 17.7. The van der Waals surface area contributed by atoms with Gasteiger partial charge in [-0.15, -0.1) is 11.8 Å². The molecule has 1 atom stereocenters. The van der Waals surface area contributed by atoms with Crippen molar-refractivity contribution in [1.82, 2.24) is 14.5 Å². The van der Waals surface area contributed by atoms with E-state index in [2.05, 4.69) is 69.8 Å². The molecule has 3 aromatic rings. The molecule has 3 saturated carbocycles. The van der Waals surface area contributed by atoms with Crippen LogP contribution in [0.2, 0.25) is 0 Å². The Kier molecular flexibility index (Phi) is 12.1. The minimum absolute atomic E-state index is 0.0836. The highest BCUT2D eigenvalue weighted by Crippen LogP contribution is 2.77. The molecule has 0 aromatic heterocycles. The van der Waals surface area contributed by atoms with Gasteiger partial charge >= 0.3 is 0 Å². The van der Waals surface area contributed by atoms with Gasteiger partial charge in [-0.05, 0) is 154 Å². The zero-order valence-corrected chi connectivity index (χ0v) is 37.0. The molecule has 6 aliphatic rings. The Labute approximate surface area is 352 Å². The van der Waals surface area contributed by atoms with Gasteiger partial charge in [-0.25, -0.2) is 13.1 Å². The molecule has 312 valence electrons. The lowest BCUT2D eigenvalue weighted by Crippen LogP contribution is -2.61. The molecule has 8 nitrogen and oxygen atoms in total. The lowest BCUT2D eigenvalue weighted by atomic mass is 9.33. The van der Waals surface area contributed by atoms with E-state index in [4.69, 9.17) is 0 Å². The predicted octanol–water partition coefficient (Wildman–Crippen LogP) is 9.38. The van der Waals surface area contributed by atoms with E-state index in [0.29, 0.717) is 21.8 Å². The molecular formula is C48H65N5O3S2. The summed E-state index contributed by atoms with van der Waals surface area (Å²) in [7, 11) is -4.07. The molecule has 2 saturated heterocycles. The first-order chi connectivity index (χ1) is 27.8. The minimum Gasteiger partial charge on any atom is -0.381 e. The fourth-order valence-electron chi connectivity index (χ4n) is 10.8. The summed E-state index contributed by atoms with van der Waals surface area (Å²) >= 11 is 1.84. The molecule has 9 rings (SSSR count). The first-order valence-electron chi connectivity index (χ1n) is 21.9. The molecule has 0 radical (unpaired) electrons. The number of hydrogen-bond acceptors (Lipinski definition) is 8. The normalized spacial score (nSPS) is 25.4. The van der Waals surface area contributed by atoms with E-state index in [1.54, 1.807) is 29.8 Å². The van der Waals surface area contributed by atoms with E-state index >= 15 is 0 Å². The second-order valence-electron chi connectivity index (χ2n) is 19.4. The summed E-state index contributed by atoms with van der Waals surface area (Å²) in [5.41, 5.74) is 8.27. The number of piperazine rings is 1. The maximum atomic E-state index is 13.5. The Hall–Kier alpha value is -3.31. The molecule has 3 aromatic carbocycles. The largest absolute Gasteiger partial charge is 0.381 e. The molecule has 2 bridgehead atoms. The van der Waals surface area contributed by atoms with Crippen LogP contribution in [0.3, 0.4) is 0 Å². The summed E-state index contributed by atoms with van der Waals surface area (Å²) in [4.78, 5) is 22.2.